The SMILES string of the molecule is CC(C(=O)O)N(C(=O)c1ccccc1)[N+](=O)[O-]. The zero-order valence-electron chi connectivity index (χ0n) is 8.94. The van der Waals surface area contributed by atoms with Gasteiger partial charge in [0.25, 0.3) is 0 Å². The molecule has 0 radical (unpaired) electrons. The zero-order valence-corrected chi connectivity index (χ0v) is 8.94. The topological polar surface area (TPSA) is 101 Å². The molecular weight excluding hydrogens is 228 g/mol. The third kappa shape index (κ3) is 2.77. The zero-order chi connectivity index (χ0) is 13.0. The minimum atomic E-state index is -1.53. The van der Waals surface area contributed by atoms with E-state index in [9.17, 15) is 19.7 Å². The van der Waals surface area contributed by atoms with Crippen molar-refractivity contribution < 1.29 is 19.7 Å². The Morgan fingerprint density at radius 2 is 1.88 bits per heavy atom. The lowest BCUT2D eigenvalue weighted by molar-refractivity contribution is -0.637. The molecule has 17 heavy (non-hydrogen) atoms. The van der Waals surface area contributed by atoms with Gasteiger partial charge in [0.2, 0.25) is 0 Å². The van der Waals surface area contributed by atoms with E-state index in [1.54, 1.807) is 6.07 Å². The van der Waals surface area contributed by atoms with Gasteiger partial charge >= 0.3 is 11.9 Å². The molecule has 0 saturated heterocycles. The first-order valence-electron chi connectivity index (χ1n) is 4.71. The lowest BCUT2D eigenvalue weighted by atomic mass is 10.2. The van der Waals surface area contributed by atoms with E-state index in [-0.39, 0.29) is 10.6 Å². The molecule has 7 heteroatoms. The van der Waals surface area contributed by atoms with Crippen molar-refractivity contribution in [2.24, 2.45) is 0 Å². The molecule has 0 aliphatic rings. The summed E-state index contributed by atoms with van der Waals surface area (Å²) in [6.45, 7) is 1.08. The van der Waals surface area contributed by atoms with E-state index in [1.807, 2.05) is 0 Å². The highest BCUT2D eigenvalue weighted by molar-refractivity contribution is 5.95. The Morgan fingerprint density at radius 1 is 1.35 bits per heavy atom. The Hall–Kier alpha value is -2.44. The number of carboxylic acid groups (broad SMARTS) is 1. The fraction of sp³-hybridized carbons (Fsp3) is 0.200. The summed E-state index contributed by atoms with van der Waals surface area (Å²) < 4.78 is 0. The van der Waals surface area contributed by atoms with Gasteiger partial charge in [-0.2, -0.15) is 0 Å². The van der Waals surface area contributed by atoms with Gasteiger partial charge in [0.1, 0.15) is 0 Å². The van der Waals surface area contributed by atoms with Gasteiger partial charge in [-0.25, -0.2) is 14.9 Å². The van der Waals surface area contributed by atoms with Crippen LogP contribution in [0.4, 0.5) is 0 Å². The Bertz CT molecular complexity index is 445. The number of carboxylic acids is 1. The number of hydrogen-bond donors (Lipinski definition) is 1. The number of nitro groups is 1. The first-order valence-corrected chi connectivity index (χ1v) is 4.71. The van der Waals surface area contributed by atoms with Crippen molar-refractivity contribution >= 4 is 11.9 Å². The summed E-state index contributed by atoms with van der Waals surface area (Å²) in [7, 11) is 0. The van der Waals surface area contributed by atoms with Crippen LogP contribution in [0.1, 0.15) is 17.3 Å². The van der Waals surface area contributed by atoms with Crippen molar-refractivity contribution in [3.63, 3.8) is 0 Å². The maximum atomic E-state index is 11.8. The van der Waals surface area contributed by atoms with E-state index in [0.717, 1.165) is 6.92 Å². The lowest BCUT2D eigenvalue weighted by Gasteiger charge is -2.15. The van der Waals surface area contributed by atoms with Gasteiger partial charge in [-0.15, -0.1) is 0 Å². The van der Waals surface area contributed by atoms with Gasteiger partial charge in [-0.05, 0) is 24.1 Å². The summed E-state index contributed by atoms with van der Waals surface area (Å²) in [5.74, 6) is -2.39. The second kappa shape index (κ2) is 5.06. The van der Waals surface area contributed by atoms with Gasteiger partial charge in [0.05, 0.1) is 0 Å². The first-order chi connectivity index (χ1) is 7.95. The highest BCUT2D eigenvalue weighted by Crippen LogP contribution is 2.08. The number of nitrogens with zero attached hydrogens (tertiary/aromatic N) is 2. The Morgan fingerprint density at radius 3 is 2.29 bits per heavy atom. The van der Waals surface area contributed by atoms with Crippen molar-refractivity contribution in [3.05, 3.63) is 46.0 Å². The molecule has 0 aliphatic carbocycles. The standard InChI is InChI=1S/C10H10N2O5/c1-7(10(14)15)11(12(16)17)9(13)8-5-3-2-4-6-8/h2-7H,1H3,(H,14,15). The Kier molecular flexibility index (Phi) is 3.76. The van der Waals surface area contributed by atoms with Crippen molar-refractivity contribution in [2.45, 2.75) is 13.0 Å². The van der Waals surface area contributed by atoms with Gasteiger partial charge in [0.15, 0.2) is 11.1 Å². The van der Waals surface area contributed by atoms with Crippen molar-refractivity contribution in [1.29, 1.82) is 0 Å². The molecule has 0 bridgehead atoms. The molecule has 1 aromatic carbocycles. The molecule has 0 spiro atoms. The van der Waals surface area contributed by atoms with E-state index >= 15 is 0 Å². The molecule has 1 unspecified atom stereocenters. The fourth-order valence-electron chi connectivity index (χ4n) is 1.21. The maximum Gasteiger partial charge on any atom is 0.332 e. The largest absolute Gasteiger partial charge is 0.480 e. The van der Waals surface area contributed by atoms with Gasteiger partial charge < -0.3 is 5.11 Å². The molecule has 7 nitrogen and oxygen atoms in total. The van der Waals surface area contributed by atoms with Gasteiger partial charge in [0, 0.05) is 5.56 Å². The summed E-state index contributed by atoms with van der Waals surface area (Å²) in [5, 5.41) is 18.5. The first kappa shape index (κ1) is 12.6. The molecule has 1 atom stereocenters. The number of carbonyl (C=O) groups excluding carboxylic acids is 1. The third-order valence-corrected chi connectivity index (χ3v) is 2.13. The molecule has 0 aliphatic heterocycles. The smallest absolute Gasteiger partial charge is 0.332 e. The molecule has 1 rings (SSSR count). The third-order valence-electron chi connectivity index (χ3n) is 2.13. The Balaban J connectivity index is 3.05. The highest BCUT2D eigenvalue weighted by atomic mass is 16.7. The van der Waals surface area contributed by atoms with Crippen LogP contribution in [-0.2, 0) is 4.79 Å². The summed E-state index contributed by atoms with van der Waals surface area (Å²) in [6.07, 6.45) is 0. The average molecular weight is 238 g/mol. The van der Waals surface area contributed by atoms with E-state index in [1.165, 1.54) is 24.3 Å². The minimum Gasteiger partial charge on any atom is -0.480 e. The van der Waals surface area contributed by atoms with Crippen molar-refractivity contribution in [2.75, 3.05) is 0 Å². The van der Waals surface area contributed by atoms with E-state index < -0.39 is 23.0 Å². The molecule has 0 aromatic heterocycles. The van der Waals surface area contributed by atoms with Crippen LogP contribution in [0.15, 0.2) is 30.3 Å². The van der Waals surface area contributed by atoms with Crippen molar-refractivity contribution in [1.82, 2.24) is 5.01 Å². The summed E-state index contributed by atoms with van der Waals surface area (Å²) in [6, 6.07) is 5.96. The van der Waals surface area contributed by atoms with Gasteiger partial charge in [-0.1, -0.05) is 18.2 Å². The second-order valence-electron chi connectivity index (χ2n) is 3.27. The van der Waals surface area contributed by atoms with Crippen LogP contribution < -0.4 is 0 Å². The number of carbonyl (C=O) groups is 2. The van der Waals surface area contributed by atoms with Crippen LogP contribution in [0.5, 0.6) is 0 Å². The van der Waals surface area contributed by atoms with Crippen LogP contribution in [0, 0.1) is 10.1 Å². The lowest BCUT2D eigenvalue weighted by Crippen LogP contribution is -2.46. The summed E-state index contributed by atoms with van der Waals surface area (Å²) >= 11 is 0. The molecule has 1 N–H and O–H groups in total. The van der Waals surface area contributed by atoms with Crippen LogP contribution in [-0.4, -0.2) is 33.1 Å². The monoisotopic (exact) mass is 238 g/mol. The number of hydrogen-bond acceptors (Lipinski definition) is 4. The number of rotatable bonds is 4. The van der Waals surface area contributed by atoms with Crippen LogP contribution in [0.3, 0.4) is 0 Å². The molecule has 0 fully saturated rings. The summed E-state index contributed by atoms with van der Waals surface area (Å²) in [4.78, 5) is 33.1. The molecule has 1 aromatic rings. The van der Waals surface area contributed by atoms with Crippen molar-refractivity contribution in [3.8, 4) is 0 Å². The predicted octanol–water partition coefficient (Wildman–Crippen LogP) is 0.794. The maximum absolute atomic E-state index is 11.8. The van der Waals surface area contributed by atoms with Gasteiger partial charge in [-0.3, -0.25) is 4.79 Å². The number of benzene rings is 1. The van der Waals surface area contributed by atoms with E-state index in [0.29, 0.717) is 0 Å². The number of hydrazine groups is 1. The van der Waals surface area contributed by atoms with Crippen LogP contribution >= 0.6 is 0 Å². The molecule has 0 heterocycles. The summed E-state index contributed by atoms with van der Waals surface area (Å²) in [5.41, 5.74) is 0.0669. The molecular formula is C10H10N2O5. The average Bonchev–Trinajstić information content (AvgIpc) is 2.29. The van der Waals surface area contributed by atoms with Crippen LogP contribution in [0.2, 0.25) is 0 Å². The molecule has 90 valence electrons. The minimum absolute atomic E-state index is 0.0669. The number of amides is 1. The molecule has 1 amide bonds. The number of aliphatic carboxylic acids is 1. The highest BCUT2D eigenvalue weighted by Gasteiger charge is 2.35. The molecule has 0 saturated carbocycles. The van der Waals surface area contributed by atoms with Crippen LogP contribution in [0.25, 0.3) is 0 Å². The second-order valence-corrected chi connectivity index (χ2v) is 3.27. The van der Waals surface area contributed by atoms with E-state index in [4.69, 9.17) is 5.11 Å². The fourth-order valence-corrected chi connectivity index (χ4v) is 1.21. The van der Waals surface area contributed by atoms with E-state index in [2.05, 4.69) is 0 Å². The Labute approximate surface area is 96.4 Å². The quantitative estimate of drug-likeness (QED) is 0.617. The normalized spacial score (nSPS) is 11.6. The predicted molar refractivity (Wildman–Crippen MR) is 56.7 cm³/mol.